The molecule has 4 rings (SSSR count). The summed E-state index contributed by atoms with van der Waals surface area (Å²) in [6, 6.07) is 23.7. The lowest BCUT2D eigenvalue weighted by molar-refractivity contribution is -0.141. The lowest BCUT2D eigenvalue weighted by Gasteiger charge is -2.33. The van der Waals surface area contributed by atoms with Crippen LogP contribution >= 0.6 is 15.9 Å². The maximum absolute atomic E-state index is 14.0. The lowest BCUT2D eigenvalue weighted by Crippen LogP contribution is -2.52. The molecule has 0 bridgehead atoms. The van der Waals surface area contributed by atoms with Gasteiger partial charge in [-0.25, -0.2) is 8.42 Å². The fourth-order valence-electron chi connectivity index (χ4n) is 5.48. The molecule has 1 atom stereocenters. The summed E-state index contributed by atoms with van der Waals surface area (Å²) in [7, 11) is -2.09. The minimum Gasteiger partial charge on any atom is -0.497 e. The Kier molecular flexibility index (Phi) is 11.6. The van der Waals surface area contributed by atoms with Gasteiger partial charge in [0.2, 0.25) is 21.8 Å². The van der Waals surface area contributed by atoms with E-state index >= 15 is 0 Å². The Bertz CT molecular complexity index is 1460. The van der Waals surface area contributed by atoms with Crippen molar-refractivity contribution in [1.29, 1.82) is 0 Å². The minimum atomic E-state index is -3.61. The standard InChI is InChI=1S/C33H40BrN3O5S/c1-42-30-15-8-14-29(23-30)37(43(2,40)41)21-9-16-32(38)36(24-26-17-19-27(34)20-18-26)31(22-25-10-4-3-5-11-25)33(39)35-28-12-6-7-13-28/h3-5,8,10-11,14-15,17-20,23,28,31H,6-7,9,12-13,16,21-22,24H2,1-2H3,(H,35,39)/t31-/m0/s1. The van der Waals surface area contributed by atoms with Crippen molar-refractivity contribution in [1.82, 2.24) is 10.2 Å². The van der Waals surface area contributed by atoms with E-state index in [1.54, 1.807) is 29.2 Å². The van der Waals surface area contributed by atoms with Crippen molar-refractivity contribution in [2.24, 2.45) is 0 Å². The van der Waals surface area contributed by atoms with Gasteiger partial charge >= 0.3 is 0 Å². The van der Waals surface area contributed by atoms with Gasteiger partial charge in [-0.15, -0.1) is 0 Å². The summed E-state index contributed by atoms with van der Waals surface area (Å²) < 4.78 is 32.9. The SMILES string of the molecule is COc1cccc(N(CCCC(=O)N(Cc2ccc(Br)cc2)[C@@H](Cc2ccccc2)C(=O)NC2CCCC2)S(C)(=O)=O)c1. The number of carbonyl (C=O) groups excluding carboxylic acids is 2. The first kappa shape index (κ1) is 32.5. The molecule has 1 aliphatic carbocycles. The quantitative estimate of drug-likeness (QED) is 0.238. The Hall–Kier alpha value is -3.37. The van der Waals surface area contributed by atoms with Gasteiger partial charge < -0.3 is 15.0 Å². The maximum atomic E-state index is 14.0. The van der Waals surface area contributed by atoms with Gasteiger partial charge in [0.25, 0.3) is 0 Å². The fourth-order valence-corrected chi connectivity index (χ4v) is 6.70. The molecule has 3 aromatic carbocycles. The number of halogens is 1. The van der Waals surface area contributed by atoms with Gasteiger partial charge in [-0.2, -0.15) is 0 Å². The van der Waals surface area contributed by atoms with Crippen LogP contribution in [0.4, 0.5) is 5.69 Å². The van der Waals surface area contributed by atoms with Crippen LogP contribution in [0.3, 0.4) is 0 Å². The van der Waals surface area contributed by atoms with E-state index in [9.17, 15) is 18.0 Å². The van der Waals surface area contributed by atoms with Crippen molar-refractivity contribution in [2.45, 2.75) is 63.6 Å². The van der Waals surface area contributed by atoms with E-state index < -0.39 is 16.1 Å². The molecule has 0 radical (unpaired) electrons. The molecule has 0 spiro atoms. The van der Waals surface area contributed by atoms with Crippen LogP contribution in [0.1, 0.15) is 49.7 Å². The first-order valence-electron chi connectivity index (χ1n) is 14.6. The number of amides is 2. The zero-order valence-electron chi connectivity index (χ0n) is 24.7. The van der Waals surface area contributed by atoms with Crippen LogP contribution < -0.4 is 14.4 Å². The number of benzene rings is 3. The Labute approximate surface area is 263 Å². The van der Waals surface area contributed by atoms with Crippen molar-refractivity contribution in [3.8, 4) is 5.75 Å². The molecule has 10 heteroatoms. The summed E-state index contributed by atoms with van der Waals surface area (Å²) >= 11 is 3.47. The van der Waals surface area contributed by atoms with Gasteiger partial charge in [-0.3, -0.25) is 13.9 Å². The van der Waals surface area contributed by atoms with Gasteiger partial charge in [-0.1, -0.05) is 77.3 Å². The normalized spacial score (nSPS) is 14.2. The predicted octanol–water partition coefficient (Wildman–Crippen LogP) is 5.70. The molecule has 0 saturated heterocycles. The maximum Gasteiger partial charge on any atom is 0.243 e. The number of rotatable bonds is 14. The van der Waals surface area contributed by atoms with Crippen molar-refractivity contribution in [2.75, 3.05) is 24.2 Å². The molecule has 1 saturated carbocycles. The number of nitrogens with zero attached hydrogens (tertiary/aromatic N) is 2. The van der Waals surface area contributed by atoms with Gasteiger partial charge in [0.05, 0.1) is 19.1 Å². The zero-order valence-corrected chi connectivity index (χ0v) is 27.1. The van der Waals surface area contributed by atoms with E-state index in [2.05, 4.69) is 21.2 Å². The monoisotopic (exact) mass is 669 g/mol. The lowest BCUT2D eigenvalue weighted by atomic mass is 10.0. The first-order chi connectivity index (χ1) is 20.6. The molecule has 0 aliphatic heterocycles. The van der Waals surface area contributed by atoms with Crippen LogP contribution in [-0.2, 0) is 32.6 Å². The van der Waals surface area contributed by atoms with Gasteiger partial charge in [0.15, 0.2) is 0 Å². The average molecular weight is 671 g/mol. The fraction of sp³-hybridized carbons (Fsp3) is 0.394. The van der Waals surface area contributed by atoms with E-state index in [1.165, 1.54) is 11.4 Å². The molecule has 8 nitrogen and oxygen atoms in total. The number of hydrogen-bond donors (Lipinski definition) is 1. The third-order valence-electron chi connectivity index (χ3n) is 7.73. The highest BCUT2D eigenvalue weighted by Crippen LogP contribution is 2.25. The number of carbonyl (C=O) groups is 2. The Morgan fingerprint density at radius 1 is 0.977 bits per heavy atom. The second-order valence-electron chi connectivity index (χ2n) is 11.0. The second kappa shape index (κ2) is 15.4. The molecule has 3 aromatic rings. The third-order valence-corrected chi connectivity index (χ3v) is 9.46. The molecule has 43 heavy (non-hydrogen) atoms. The van der Waals surface area contributed by atoms with E-state index in [-0.39, 0.29) is 43.8 Å². The molecule has 1 N–H and O–H groups in total. The van der Waals surface area contributed by atoms with Gasteiger partial charge in [0.1, 0.15) is 11.8 Å². The largest absolute Gasteiger partial charge is 0.497 e. The highest BCUT2D eigenvalue weighted by atomic mass is 79.9. The number of ether oxygens (including phenoxy) is 1. The smallest absolute Gasteiger partial charge is 0.243 e. The molecule has 2 amide bonds. The summed E-state index contributed by atoms with van der Waals surface area (Å²) in [6.07, 6.45) is 5.93. The minimum absolute atomic E-state index is 0.0779. The van der Waals surface area contributed by atoms with Crippen molar-refractivity contribution in [3.63, 3.8) is 0 Å². The number of nitrogens with one attached hydrogen (secondary N) is 1. The van der Waals surface area contributed by atoms with E-state index in [0.29, 0.717) is 17.9 Å². The Balaban J connectivity index is 1.58. The first-order valence-corrected chi connectivity index (χ1v) is 17.3. The number of anilines is 1. The van der Waals surface area contributed by atoms with Crippen LogP contribution in [-0.4, -0.2) is 57.1 Å². The Morgan fingerprint density at radius 3 is 2.33 bits per heavy atom. The molecule has 0 aromatic heterocycles. The summed E-state index contributed by atoms with van der Waals surface area (Å²) in [4.78, 5) is 29.5. The summed E-state index contributed by atoms with van der Waals surface area (Å²) in [5.74, 6) is 0.180. The van der Waals surface area contributed by atoms with Crippen LogP contribution in [0.5, 0.6) is 5.75 Å². The van der Waals surface area contributed by atoms with E-state index in [4.69, 9.17) is 4.74 Å². The van der Waals surface area contributed by atoms with Crippen LogP contribution in [0, 0.1) is 0 Å². The molecular weight excluding hydrogens is 630 g/mol. The predicted molar refractivity (Wildman–Crippen MR) is 173 cm³/mol. The van der Waals surface area contributed by atoms with Gasteiger partial charge in [-0.05, 0) is 54.7 Å². The molecule has 1 aliphatic rings. The van der Waals surface area contributed by atoms with Crippen molar-refractivity contribution < 1.29 is 22.7 Å². The van der Waals surface area contributed by atoms with Crippen LogP contribution in [0.25, 0.3) is 0 Å². The highest BCUT2D eigenvalue weighted by Gasteiger charge is 2.32. The highest BCUT2D eigenvalue weighted by molar-refractivity contribution is 9.10. The summed E-state index contributed by atoms with van der Waals surface area (Å²) in [5.41, 5.74) is 2.33. The van der Waals surface area contributed by atoms with Crippen LogP contribution in [0.2, 0.25) is 0 Å². The summed E-state index contributed by atoms with van der Waals surface area (Å²) in [5, 5.41) is 3.22. The number of methoxy groups -OCH3 is 1. The van der Waals surface area contributed by atoms with E-state index in [0.717, 1.165) is 47.5 Å². The zero-order chi connectivity index (χ0) is 30.8. The van der Waals surface area contributed by atoms with Crippen molar-refractivity contribution in [3.05, 3.63) is 94.5 Å². The molecule has 230 valence electrons. The molecule has 0 heterocycles. The van der Waals surface area contributed by atoms with Gasteiger partial charge in [0, 0.05) is 42.5 Å². The molecule has 0 unspecified atom stereocenters. The molecule has 1 fully saturated rings. The third kappa shape index (κ3) is 9.56. The van der Waals surface area contributed by atoms with E-state index in [1.807, 2.05) is 54.6 Å². The number of hydrogen-bond acceptors (Lipinski definition) is 5. The second-order valence-corrected chi connectivity index (χ2v) is 13.8. The topological polar surface area (TPSA) is 96.0 Å². The average Bonchev–Trinajstić information content (AvgIpc) is 3.51. The molecular formula is C33H40BrN3O5S. The Morgan fingerprint density at radius 2 is 1.67 bits per heavy atom. The summed E-state index contributed by atoms with van der Waals surface area (Å²) in [6.45, 7) is 0.370. The number of sulfonamides is 1. The van der Waals surface area contributed by atoms with Crippen LogP contribution in [0.15, 0.2) is 83.3 Å². The van der Waals surface area contributed by atoms with Crippen molar-refractivity contribution >= 4 is 43.5 Å².